The molecule has 0 unspecified atom stereocenters. The van der Waals surface area contributed by atoms with E-state index >= 15 is 0 Å². The van der Waals surface area contributed by atoms with Gasteiger partial charge in [-0.3, -0.25) is 4.79 Å². The summed E-state index contributed by atoms with van der Waals surface area (Å²) in [4.78, 5) is 10.6. The largest absolute Gasteiger partial charge is 0.460 e. The molecule has 0 aromatic rings. The summed E-state index contributed by atoms with van der Waals surface area (Å²) in [6, 6.07) is 0. The smallest absolute Gasteiger partial charge is 0.352 e. The minimum atomic E-state index is -8.65. The lowest BCUT2D eigenvalue weighted by molar-refractivity contribution is -0.461. The standard InChI is InChI=1S/C13H8F17NO/c1-2-5(32)31-4-3-6(14,15)7(16,17)8(18,19)9(20,21)10(22,23)11(24,25)12(26,27)13(28,29)30/h2H,1,3-4H2,(H,31,32). The van der Waals surface area contributed by atoms with Crippen LogP contribution in [-0.4, -0.2) is 60.1 Å². The zero-order valence-electron chi connectivity index (χ0n) is 14.5. The molecule has 1 amide bonds. The number of hydrogen-bond donors (Lipinski definition) is 1. The molecule has 32 heavy (non-hydrogen) atoms. The van der Waals surface area contributed by atoms with Gasteiger partial charge >= 0.3 is 47.6 Å². The third-order valence-electron chi connectivity index (χ3n) is 3.71. The molecule has 0 atom stereocenters. The van der Waals surface area contributed by atoms with E-state index in [2.05, 4.69) is 6.58 Å². The van der Waals surface area contributed by atoms with Gasteiger partial charge in [-0.25, -0.2) is 0 Å². The van der Waals surface area contributed by atoms with Crippen LogP contribution in [0.15, 0.2) is 12.7 Å². The first kappa shape index (κ1) is 30.0. The van der Waals surface area contributed by atoms with Crippen LogP contribution in [0.25, 0.3) is 0 Å². The first-order chi connectivity index (χ1) is 13.7. The molecule has 19 heteroatoms. The molecule has 0 aliphatic carbocycles. The van der Waals surface area contributed by atoms with Crippen LogP contribution in [0.2, 0.25) is 0 Å². The molecule has 0 rings (SSSR count). The van der Waals surface area contributed by atoms with Gasteiger partial charge in [0, 0.05) is 13.0 Å². The molecule has 1 N–H and O–H groups in total. The molecule has 0 saturated carbocycles. The summed E-state index contributed by atoms with van der Waals surface area (Å²) in [5.41, 5.74) is 0. The Morgan fingerprint density at radius 2 is 0.906 bits per heavy atom. The van der Waals surface area contributed by atoms with Gasteiger partial charge < -0.3 is 5.32 Å². The van der Waals surface area contributed by atoms with Crippen LogP contribution in [0.3, 0.4) is 0 Å². The quantitative estimate of drug-likeness (QED) is 0.293. The van der Waals surface area contributed by atoms with Gasteiger partial charge in [-0.2, -0.15) is 74.6 Å². The number of halogens is 17. The van der Waals surface area contributed by atoms with Crippen molar-refractivity contribution in [3.63, 3.8) is 0 Å². The molecule has 0 spiro atoms. The maximum absolute atomic E-state index is 13.4. The summed E-state index contributed by atoms with van der Waals surface area (Å²) in [6.07, 6.45) is -10.2. The molecule has 0 bridgehead atoms. The number of carbonyl (C=O) groups excluding carboxylic acids is 1. The Labute approximate surface area is 165 Å². The number of carbonyl (C=O) groups is 1. The van der Waals surface area contributed by atoms with Crippen LogP contribution in [0, 0.1) is 0 Å². The van der Waals surface area contributed by atoms with Crippen LogP contribution >= 0.6 is 0 Å². The zero-order valence-corrected chi connectivity index (χ0v) is 14.5. The van der Waals surface area contributed by atoms with E-state index in [0.717, 1.165) is 0 Å². The van der Waals surface area contributed by atoms with E-state index in [0.29, 0.717) is 6.08 Å². The van der Waals surface area contributed by atoms with Gasteiger partial charge in [-0.15, -0.1) is 0 Å². The molecule has 0 fully saturated rings. The Hall–Kier alpha value is -1.98. The first-order valence-electron chi connectivity index (χ1n) is 7.32. The van der Waals surface area contributed by atoms with Crippen LogP contribution in [0.5, 0.6) is 0 Å². The molecule has 0 heterocycles. The molecule has 0 aliphatic heterocycles. The lowest BCUT2D eigenvalue weighted by atomic mass is 9.88. The second-order valence-electron chi connectivity index (χ2n) is 5.89. The van der Waals surface area contributed by atoms with Crippen LogP contribution in [0.4, 0.5) is 74.6 Å². The van der Waals surface area contributed by atoms with E-state index < -0.39 is 66.5 Å². The first-order valence-corrected chi connectivity index (χ1v) is 7.32. The Morgan fingerprint density at radius 3 is 1.22 bits per heavy atom. The molecule has 0 aliphatic rings. The monoisotopic (exact) mass is 517 g/mol. The van der Waals surface area contributed by atoms with Crippen molar-refractivity contribution < 1.29 is 79.4 Å². The topological polar surface area (TPSA) is 29.1 Å². The fraction of sp³-hybridized carbons (Fsp3) is 0.769. The highest BCUT2D eigenvalue weighted by Crippen LogP contribution is 2.64. The molecule has 0 saturated heterocycles. The fourth-order valence-electron chi connectivity index (χ4n) is 1.77. The average Bonchev–Trinajstić information content (AvgIpc) is 2.59. The van der Waals surface area contributed by atoms with Gasteiger partial charge in [0.2, 0.25) is 5.91 Å². The van der Waals surface area contributed by atoms with Crippen molar-refractivity contribution in [3.05, 3.63) is 12.7 Å². The highest BCUT2D eigenvalue weighted by Gasteiger charge is 2.95. The summed E-state index contributed by atoms with van der Waals surface area (Å²) >= 11 is 0. The van der Waals surface area contributed by atoms with E-state index in [1.807, 2.05) is 0 Å². The van der Waals surface area contributed by atoms with E-state index in [9.17, 15) is 79.4 Å². The molecule has 0 aromatic carbocycles. The average molecular weight is 517 g/mol. The number of rotatable bonds is 10. The summed E-state index contributed by atoms with van der Waals surface area (Å²) < 4.78 is 220. The Balaban J connectivity index is 6.41. The second-order valence-corrected chi connectivity index (χ2v) is 5.89. The maximum Gasteiger partial charge on any atom is 0.460 e. The number of alkyl halides is 17. The van der Waals surface area contributed by atoms with Crippen molar-refractivity contribution in [2.24, 2.45) is 0 Å². The Bertz CT molecular complexity index is 708. The van der Waals surface area contributed by atoms with Crippen molar-refractivity contribution in [2.45, 2.75) is 54.1 Å². The Morgan fingerprint density at radius 1 is 0.594 bits per heavy atom. The SMILES string of the molecule is C=CC(=O)NCCC(F)(F)C(F)(F)C(F)(F)C(F)(F)C(F)(F)C(F)(F)C(F)(F)C(F)(F)F. The zero-order chi connectivity index (χ0) is 26.4. The number of amides is 1. The predicted molar refractivity (Wildman–Crippen MR) is 68.5 cm³/mol. The lowest BCUT2D eigenvalue weighted by Gasteiger charge is -2.42. The van der Waals surface area contributed by atoms with Crippen LogP contribution in [0.1, 0.15) is 6.42 Å². The second kappa shape index (κ2) is 8.11. The van der Waals surface area contributed by atoms with Crippen LogP contribution in [-0.2, 0) is 4.79 Å². The number of nitrogens with one attached hydrogen (secondary N) is 1. The molecule has 0 aromatic heterocycles. The van der Waals surface area contributed by atoms with Gasteiger partial charge in [-0.05, 0) is 6.08 Å². The summed E-state index contributed by atoms with van der Waals surface area (Å²) in [7, 11) is 0. The summed E-state index contributed by atoms with van der Waals surface area (Å²) in [5.74, 6) is -58.0. The van der Waals surface area contributed by atoms with Crippen molar-refractivity contribution in [2.75, 3.05) is 6.54 Å². The van der Waals surface area contributed by atoms with Gasteiger partial charge in [0.05, 0.1) is 0 Å². The third-order valence-corrected chi connectivity index (χ3v) is 3.71. The van der Waals surface area contributed by atoms with Gasteiger partial charge in [-0.1, -0.05) is 6.58 Å². The van der Waals surface area contributed by atoms with Gasteiger partial charge in [0.25, 0.3) is 0 Å². The van der Waals surface area contributed by atoms with Gasteiger partial charge in [0.15, 0.2) is 0 Å². The minimum absolute atomic E-state index is 0.308. The molecular formula is C13H8F17NO. The van der Waals surface area contributed by atoms with Crippen molar-refractivity contribution in [1.29, 1.82) is 0 Å². The van der Waals surface area contributed by atoms with Crippen molar-refractivity contribution in [1.82, 2.24) is 5.32 Å². The minimum Gasteiger partial charge on any atom is -0.352 e. The Kier molecular flexibility index (Phi) is 7.60. The van der Waals surface area contributed by atoms with Crippen molar-refractivity contribution in [3.8, 4) is 0 Å². The van der Waals surface area contributed by atoms with Crippen molar-refractivity contribution >= 4 is 5.91 Å². The summed E-state index contributed by atoms with van der Waals surface area (Å²) in [6.45, 7) is 0.978. The van der Waals surface area contributed by atoms with Crippen LogP contribution < -0.4 is 5.32 Å². The normalized spacial score (nSPS) is 15.5. The third kappa shape index (κ3) is 4.17. The highest BCUT2D eigenvalue weighted by atomic mass is 19.4. The molecule has 0 radical (unpaired) electrons. The van der Waals surface area contributed by atoms with E-state index in [1.54, 1.807) is 0 Å². The summed E-state index contributed by atoms with van der Waals surface area (Å²) in [5, 5.41) is 1.25. The predicted octanol–water partition coefficient (Wildman–Crippen LogP) is 5.69. The fourth-order valence-corrected chi connectivity index (χ4v) is 1.77. The van der Waals surface area contributed by atoms with E-state index in [1.165, 1.54) is 5.32 Å². The highest BCUT2D eigenvalue weighted by molar-refractivity contribution is 5.86. The molecule has 2 nitrogen and oxygen atoms in total. The van der Waals surface area contributed by atoms with E-state index in [-0.39, 0.29) is 0 Å². The van der Waals surface area contributed by atoms with Gasteiger partial charge in [0.1, 0.15) is 0 Å². The number of hydrogen-bond acceptors (Lipinski definition) is 1. The molecular weight excluding hydrogens is 509 g/mol. The lowest BCUT2D eigenvalue weighted by Crippen LogP contribution is -2.74. The van der Waals surface area contributed by atoms with E-state index in [4.69, 9.17) is 0 Å². The molecule has 190 valence electrons. The maximum atomic E-state index is 13.4.